The number of carbonyl (C=O) groups excluding carboxylic acids is 1. The number of hydrogen-bond donors (Lipinski definition) is 0. The summed E-state index contributed by atoms with van der Waals surface area (Å²) in [5.74, 6) is 0.429. The van der Waals surface area contributed by atoms with E-state index in [-0.39, 0.29) is 17.4 Å². The number of Topliss-reactive ketones (excluding diaryl/α,β-unsaturated/α-hetero) is 1. The lowest BCUT2D eigenvalue weighted by Crippen LogP contribution is -2.02. The number of hydrogen-bond acceptors (Lipinski definition) is 3. The van der Waals surface area contributed by atoms with Crippen LogP contribution in [0.5, 0.6) is 5.75 Å². The van der Waals surface area contributed by atoms with Crippen molar-refractivity contribution in [2.24, 2.45) is 0 Å². The van der Waals surface area contributed by atoms with E-state index >= 15 is 0 Å². The third-order valence-corrected chi connectivity index (χ3v) is 3.98. The van der Waals surface area contributed by atoms with Gasteiger partial charge in [0.25, 0.3) is 0 Å². The van der Waals surface area contributed by atoms with Gasteiger partial charge in [0.2, 0.25) is 0 Å². The molecule has 0 bridgehead atoms. The fourth-order valence-corrected chi connectivity index (χ4v) is 2.58. The highest BCUT2D eigenvalue weighted by molar-refractivity contribution is 8.00. The van der Waals surface area contributed by atoms with E-state index in [9.17, 15) is 9.18 Å². The molecule has 0 aliphatic rings. The Hall–Kier alpha value is -1.52. The molecule has 0 unspecified atom stereocenters. The first-order valence-electron chi connectivity index (χ1n) is 5.85. The van der Waals surface area contributed by atoms with Gasteiger partial charge in [-0.15, -0.1) is 11.8 Å². The molecule has 0 aromatic heterocycles. The summed E-state index contributed by atoms with van der Waals surface area (Å²) < 4.78 is 17.8. The van der Waals surface area contributed by atoms with Gasteiger partial charge in [-0.3, -0.25) is 4.79 Å². The van der Waals surface area contributed by atoms with Crippen LogP contribution in [0, 0.1) is 5.82 Å². The first-order chi connectivity index (χ1) is 9.60. The van der Waals surface area contributed by atoms with Crippen LogP contribution in [0.4, 0.5) is 4.39 Å². The van der Waals surface area contributed by atoms with Crippen LogP contribution >= 0.6 is 23.4 Å². The average Bonchev–Trinajstić information content (AvgIpc) is 2.47. The van der Waals surface area contributed by atoms with Crippen molar-refractivity contribution in [3.05, 3.63) is 58.9 Å². The largest absolute Gasteiger partial charge is 0.495 e. The molecule has 0 atom stereocenters. The quantitative estimate of drug-likeness (QED) is 0.602. The lowest BCUT2D eigenvalue weighted by atomic mass is 10.1. The Morgan fingerprint density at radius 3 is 2.60 bits per heavy atom. The number of carbonyl (C=O) groups is 1. The molecule has 0 heterocycles. The number of rotatable bonds is 5. The van der Waals surface area contributed by atoms with E-state index in [4.69, 9.17) is 16.3 Å². The SMILES string of the molecule is COc1cc(C(=O)CSc2ccc(F)cc2)ccc1Cl. The Bertz CT molecular complexity index is 614. The molecule has 0 fully saturated rings. The number of methoxy groups -OCH3 is 1. The van der Waals surface area contributed by atoms with Crippen LogP contribution in [0.15, 0.2) is 47.4 Å². The zero-order valence-electron chi connectivity index (χ0n) is 10.7. The molecule has 5 heteroatoms. The van der Waals surface area contributed by atoms with Crippen molar-refractivity contribution >= 4 is 29.1 Å². The third kappa shape index (κ3) is 3.74. The molecule has 2 aromatic rings. The van der Waals surface area contributed by atoms with Crippen molar-refractivity contribution in [1.29, 1.82) is 0 Å². The molecule has 20 heavy (non-hydrogen) atoms. The lowest BCUT2D eigenvalue weighted by molar-refractivity contribution is 0.102. The topological polar surface area (TPSA) is 26.3 Å². The maximum atomic E-state index is 12.8. The summed E-state index contributed by atoms with van der Waals surface area (Å²) >= 11 is 7.27. The molecule has 2 nitrogen and oxygen atoms in total. The van der Waals surface area contributed by atoms with Gasteiger partial charge in [0.1, 0.15) is 11.6 Å². The Labute approximate surface area is 125 Å². The van der Waals surface area contributed by atoms with E-state index in [0.29, 0.717) is 16.3 Å². The second kappa shape index (κ2) is 6.77. The lowest BCUT2D eigenvalue weighted by Gasteiger charge is -2.06. The van der Waals surface area contributed by atoms with Crippen LogP contribution in [0.1, 0.15) is 10.4 Å². The van der Waals surface area contributed by atoms with Crippen molar-refractivity contribution in [3.63, 3.8) is 0 Å². The molecular formula is C15H12ClFO2S. The number of ketones is 1. The van der Waals surface area contributed by atoms with Crippen molar-refractivity contribution in [2.75, 3.05) is 12.9 Å². The van der Waals surface area contributed by atoms with Crippen LogP contribution in [-0.2, 0) is 0 Å². The predicted molar refractivity (Wildman–Crippen MR) is 79.5 cm³/mol. The average molecular weight is 311 g/mol. The highest BCUT2D eigenvalue weighted by Gasteiger charge is 2.10. The summed E-state index contributed by atoms with van der Waals surface area (Å²) in [5.41, 5.74) is 0.542. The van der Waals surface area contributed by atoms with Crippen molar-refractivity contribution in [1.82, 2.24) is 0 Å². The molecule has 0 saturated heterocycles. The third-order valence-electron chi connectivity index (χ3n) is 2.66. The minimum absolute atomic E-state index is 0.0331. The zero-order chi connectivity index (χ0) is 14.5. The second-order valence-electron chi connectivity index (χ2n) is 4.02. The van der Waals surface area contributed by atoms with Crippen LogP contribution in [0.3, 0.4) is 0 Å². The Kier molecular flexibility index (Phi) is 5.04. The van der Waals surface area contributed by atoms with Gasteiger partial charge in [0.05, 0.1) is 17.9 Å². The number of benzene rings is 2. The maximum Gasteiger partial charge on any atom is 0.173 e. The minimum Gasteiger partial charge on any atom is -0.495 e. The summed E-state index contributed by atoms with van der Waals surface area (Å²) in [6, 6.07) is 11.0. The van der Waals surface area contributed by atoms with E-state index in [1.807, 2.05) is 0 Å². The molecule has 104 valence electrons. The van der Waals surface area contributed by atoms with Crippen molar-refractivity contribution < 1.29 is 13.9 Å². The maximum absolute atomic E-state index is 12.8. The smallest absolute Gasteiger partial charge is 0.173 e. The predicted octanol–water partition coefficient (Wildman–Crippen LogP) is 4.46. The molecule has 0 amide bonds. The molecule has 0 saturated carbocycles. The number of ether oxygens (including phenoxy) is 1. The first kappa shape index (κ1) is 14.9. The summed E-state index contributed by atoms with van der Waals surface area (Å²) in [5, 5.41) is 0.468. The van der Waals surface area contributed by atoms with E-state index in [0.717, 1.165) is 4.90 Å². The van der Waals surface area contributed by atoms with E-state index < -0.39 is 0 Å². The van der Waals surface area contributed by atoms with E-state index in [1.54, 1.807) is 30.3 Å². The standard InChI is InChI=1S/C15H12ClFO2S/c1-19-15-8-10(2-7-13(15)16)14(18)9-20-12-5-3-11(17)4-6-12/h2-8H,9H2,1H3. The molecule has 0 radical (unpaired) electrons. The zero-order valence-corrected chi connectivity index (χ0v) is 12.3. The van der Waals surface area contributed by atoms with Gasteiger partial charge in [-0.05, 0) is 42.5 Å². The van der Waals surface area contributed by atoms with Gasteiger partial charge < -0.3 is 4.74 Å². The van der Waals surface area contributed by atoms with Gasteiger partial charge in [-0.2, -0.15) is 0 Å². The Balaban J connectivity index is 2.03. The number of thioether (sulfide) groups is 1. The van der Waals surface area contributed by atoms with Gasteiger partial charge >= 0.3 is 0 Å². The van der Waals surface area contributed by atoms with Gasteiger partial charge in [-0.1, -0.05) is 11.6 Å². The molecular weight excluding hydrogens is 299 g/mol. The molecule has 0 aliphatic heterocycles. The van der Waals surface area contributed by atoms with E-state index in [2.05, 4.69) is 0 Å². The second-order valence-corrected chi connectivity index (χ2v) is 5.47. The molecule has 2 rings (SSSR count). The van der Waals surface area contributed by atoms with Gasteiger partial charge in [0, 0.05) is 10.5 Å². The first-order valence-corrected chi connectivity index (χ1v) is 7.21. The Morgan fingerprint density at radius 1 is 1.25 bits per heavy atom. The summed E-state index contributed by atoms with van der Waals surface area (Å²) in [4.78, 5) is 12.9. The van der Waals surface area contributed by atoms with Crippen LogP contribution < -0.4 is 4.74 Å². The van der Waals surface area contributed by atoms with E-state index in [1.165, 1.54) is 31.0 Å². The van der Waals surface area contributed by atoms with Crippen molar-refractivity contribution in [3.8, 4) is 5.75 Å². The normalized spacial score (nSPS) is 10.3. The Morgan fingerprint density at radius 2 is 1.95 bits per heavy atom. The highest BCUT2D eigenvalue weighted by atomic mass is 35.5. The highest BCUT2D eigenvalue weighted by Crippen LogP contribution is 2.26. The minimum atomic E-state index is -0.289. The molecule has 0 spiro atoms. The van der Waals surface area contributed by atoms with Crippen LogP contribution in [0.25, 0.3) is 0 Å². The van der Waals surface area contributed by atoms with Crippen LogP contribution in [-0.4, -0.2) is 18.6 Å². The van der Waals surface area contributed by atoms with Crippen molar-refractivity contribution in [2.45, 2.75) is 4.90 Å². The van der Waals surface area contributed by atoms with Gasteiger partial charge in [-0.25, -0.2) is 4.39 Å². The summed E-state index contributed by atoms with van der Waals surface area (Å²) in [7, 11) is 1.50. The fourth-order valence-electron chi connectivity index (χ4n) is 1.60. The molecule has 2 aromatic carbocycles. The molecule has 0 N–H and O–H groups in total. The monoisotopic (exact) mass is 310 g/mol. The van der Waals surface area contributed by atoms with Gasteiger partial charge in [0.15, 0.2) is 5.78 Å². The summed E-state index contributed by atoms with van der Waals surface area (Å²) in [6.07, 6.45) is 0. The molecule has 0 aliphatic carbocycles. The number of halogens is 2. The fraction of sp³-hybridized carbons (Fsp3) is 0.133. The summed E-state index contributed by atoms with van der Waals surface area (Å²) in [6.45, 7) is 0. The van der Waals surface area contributed by atoms with Crippen LogP contribution in [0.2, 0.25) is 5.02 Å².